The standard InChI is InChI=1S/C18H25NO/c20-17(14-4-2-1-3-5-14)11-19-18-15-7-12-6-13(9-15)10-16(18)8-12/h1-5,12-13,15-20H,6-11H2/t12?,13?,15?,16?,17-,18?/m0/s1. The molecule has 2 N–H and O–H groups in total. The Kier molecular flexibility index (Phi) is 3.31. The van der Waals surface area contributed by atoms with E-state index in [4.69, 9.17) is 0 Å². The summed E-state index contributed by atoms with van der Waals surface area (Å²) in [6.07, 6.45) is 6.89. The van der Waals surface area contributed by atoms with E-state index in [9.17, 15) is 5.11 Å². The van der Waals surface area contributed by atoms with Gasteiger partial charge in [0.1, 0.15) is 0 Å². The molecule has 1 atom stereocenters. The summed E-state index contributed by atoms with van der Waals surface area (Å²) in [6, 6.07) is 10.7. The van der Waals surface area contributed by atoms with Crippen molar-refractivity contribution in [2.75, 3.05) is 6.54 Å². The molecule has 0 aliphatic heterocycles. The molecule has 4 bridgehead atoms. The first kappa shape index (κ1) is 12.8. The first-order valence-corrected chi connectivity index (χ1v) is 8.26. The van der Waals surface area contributed by atoms with Gasteiger partial charge >= 0.3 is 0 Å². The van der Waals surface area contributed by atoms with Gasteiger partial charge in [0, 0.05) is 12.6 Å². The van der Waals surface area contributed by atoms with Crippen LogP contribution in [0, 0.1) is 23.7 Å². The molecule has 1 aromatic carbocycles. The molecule has 2 nitrogen and oxygen atoms in total. The van der Waals surface area contributed by atoms with E-state index in [0.29, 0.717) is 12.6 Å². The quantitative estimate of drug-likeness (QED) is 0.882. The smallest absolute Gasteiger partial charge is 0.0914 e. The number of rotatable bonds is 4. The van der Waals surface area contributed by atoms with Crippen LogP contribution in [0.15, 0.2) is 30.3 Å². The van der Waals surface area contributed by atoms with E-state index < -0.39 is 0 Å². The van der Waals surface area contributed by atoms with E-state index in [-0.39, 0.29) is 6.10 Å². The van der Waals surface area contributed by atoms with Crippen LogP contribution in [0.5, 0.6) is 0 Å². The molecule has 1 aromatic rings. The van der Waals surface area contributed by atoms with Crippen LogP contribution >= 0.6 is 0 Å². The molecule has 108 valence electrons. The maximum absolute atomic E-state index is 10.3. The van der Waals surface area contributed by atoms with Crippen LogP contribution in [0.2, 0.25) is 0 Å². The van der Waals surface area contributed by atoms with Gasteiger partial charge < -0.3 is 10.4 Å². The molecular formula is C18H25NO. The minimum absolute atomic E-state index is 0.367. The van der Waals surface area contributed by atoms with E-state index in [1.165, 1.54) is 32.1 Å². The van der Waals surface area contributed by atoms with Gasteiger partial charge in [-0.3, -0.25) is 0 Å². The molecule has 4 aliphatic rings. The summed E-state index contributed by atoms with van der Waals surface area (Å²) < 4.78 is 0. The number of hydrogen-bond donors (Lipinski definition) is 2. The van der Waals surface area contributed by atoms with Gasteiger partial charge in [-0.15, -0.1) is 0 Å². The van der Waals surface area contributed by atoms with Crippen LogP contribution in [-0.2, 0) is 0 Å². The third-order valence-electron chi connectivity index (χ3n) is 5.96. The van der Waals surface area contributed by atoms with Crippen LogP contribution in [0.25, 0.3) is 0 Å². The highest BCUT2D eigenvalue weighted by atomic mass is 16.3. The second-order valence-corrected chi connectivity index (χ2v) is 7.29. The fraction of sp³-hybridized carbons (Fsp3) is 0.667. The van der Waals surface area contributed by atoms with E-state index in [2.05, 4.69) is 5.32 Å². The van der Waals surface area contributed by atoms with Gasteiger partial charge in [0.15, 0.2) is 0 Å². The maximum Gasteiger partial charge on any atom is 0.0914 e. The lowest BCUT2D eigenvalue weighted by Gasteiger charge is -2.54. The lowest BCUT2D eigenvalue weighted by molar-refractivity contribution is -0.0173. The summed E-state index contributed by atoms with van der Waals surface area (Å²) in [5.74, 6) is 3.81. The van der Waals surface area contributed by atoms with E-state index in [1.54, 1.807) is 0 Å². The predicted octanol–water partition coefficient (Wildman–Crippen LogP) is 3.13. The van der Waals surface area contributed by atoms with Gasteiger partial charge in [-0.25, -0.2) is 0 Å². The number of benzene rings is 1. The van der Waals surface area contributed by atoms with Crippen LogP contribution in [-0.4, -0.2) is 17.7 Å². The van der Waals surface area contributed by atoms with Gasteiger partial charge in [0.2, 0.25) is 0 Å². The Morgan fingerprint density at radius 2 is 1.55 bits per heavy atom. The molecule has 0 amide bonds. The fourth-order valence-corrected chi connectivity index (χ4v) is 5.30. The average molecular weight is 271 g/mol. The Bertz CT molecular complexity index is 430. The van der Waals surface area contributed by atoms with Crippen LogP contribution in [0.4, 0.5) is 0 Å². The molecule has 0 heterocycles. The van der Waals surface area contributed by atoms with Crippen molar-refractivity contribution in [1.82, 2.24) is 5.32 Å². The summed E-state index contributed by atoms with van der Waals surface area (Å²) in [5.41, 5.74) is 1.03. The molecule has 0 spiro atoms. The lowest BCUT2D eigenvalue weighted by Crippen LogP contribution is -2.55. The summed E-state index contributed by atoms with van der Waals surface area (Å²) in [7, 11) is 0. The monoisotopic (exact) mass is 271 g/mol. The topological polar surface area (TPSA) is 32.3 Å². The minimum atomic E-state index is -0.367. The Balaban J connectivity index is 1.38. The fourth-order valence-electron chi connectivity index (χ4n) is 5.30. The highest BCUT2D eigenvalue weighted by molar-refractivity contribution is 5.17. The molecule has 0 radical (unpaired) electrons. The molecule has 4 aliphatic carbocycles. The molecule has 0 aromatic heterocycles. The molecule has 0 unspecified atom stereocenters. The second kappa shape index (κ2) is 5.16. The highest BCUT2D eigenvalue weighted by Crippen LogP contribution is 2.53. The molecule has 20 heavy (non-hydrogen) atoms. The zero-order valence-electron chi connectivity index (χ0n) is 12.0. The predicted molar refractivity (Wildman–Crippen MR) is 80.2 cm³/mol. The summed E-state index contributed by atoms with van der Waals surface area (Å²) in [5, 5.41) is 14.0. The lowest BCUT2D eigenvalue weighted by atomic mass is 9.54. The number of hydrogen-bond acceptors (Lipinski definition) is 2. The summed E-state index contributed by atoms with van der Waals surface area (Å²) in [6.45, 7) is 0.705. The summed E-state index contributed by atoms with van der Waals surface area (Å²) >= 11 is 0. The van der Waals surface area contributed by atoms with Crippen molar-refractivity contribution in [3.8, 4) is 0 Å². The average Bonchev–Trinajstić information content (AvgIpc) is 2.46. The third kappa shape index (κ3) is 2.29. The first-order chi connectivity index (χ1) is 9.79. The normalized spacial score (nSPS) is 40.0. The number of nitrogens with one attached hydrogen (secondary N) is 1. The SMILES string of the molecule is O[C@@H](CNC1C2CC3CC(C2)CC1C3)c1ccccc1. The van der Waals surface area contributed by atoms with Gasteiger partial charge in [-0.1, -0.05) is 30.3 Å². The molecule has 4 fully saturated rings. The second-order valence-electron chi connectivity index (χ2n) is 7.29. The minimum Gasteiger partial charge on any atom is -0.387 e. The van der Waals surface area contributed by atoms with Crippen molar-refractivity contribution in [3.63, 3.8) is 0 Å². The van der Waals surface area contributed by atoms with Crippen molar-refractivity contribution in [1.29, 1.82) is 0 Å². The zero-order valence-corrected chi connectivity index (χ0v) is 12.0. The molecule has 5 rings (SSSR count). The molecule has 0 saturated heterocycles. The molecule has 2 heteroatoms. The van der Waals surface area contributed by atoms with Crippen LogP contribution in [0.1, 0.15) is 43.8 Å². The van der Waals surface area contributed by atoms with Crippen LogP contribution in [0.3, 0.4) is 0 Å². The van der Waals surface area contributed by atoms with Gasteiger partial charge in [-0.2, -0.15) is 0 Å². The van der Waals surface area contributed by atoms with Crippen molar-refractivity contribution >= 4 is 0 Å². The number of aliphatic hydroxyl groups excluding tert-OH is 1. The Labute approximate surface area is 121 Å². The van der Waals surface area contributed by atoms with Crippen LogP contribution < -0.4 is 5.32 Å². The van der Waals surface area contributed by atoms with Gasteiger partial charge in [0.25, 0.3) is 0 Å². The summed E-state index contributed by atoms with van der Waals surface area (Å²) in [4.78, 5) is 0. The maximum atomic E-state index is 10.3. The van der Waals surface area contributed by atoms with E-state index in [0.717, 1.165) is 29.2 Å². The molecular weight excluding hydrogens is 246 g/mol. The van der Waals surface area contributed by atoms with E-state index in [1.807, 2.05) is 30.3 Å². The molecule has 4 saturated carbocycles. The van der Waals surface area contributed by atoms with Crippen molar-refractivity contribution in [3.05, 3.63) is 35.9 Å². The van der Waals surface area contributed by atoms with E-state index >= 15 is 0 Å². The van der Waals surface area contributed by atoms with Crippen molar-refractivity contribution in [2.24, 2.45) is 23.7 Å². The Morgan fingerprint density at radius 3 is 2.15 bits per heavy atom. The zero-order chi connectivity index (χ0) is 13.5. The van der Waals surface area contributed by atoms with Gasteiger partial charge in [-0.05, 0) is 61.3 Å². The largest absolute Gasteiger partial charge is 0.387 e. The first-order valence-electron chi connectivity index (χ1n) is 8.26. The number of aliphatic hydroxyl groups is 1. The van der Waals surface area contributed by atoms with Crippen molar-refractivity contribution < 1.29 is 5.11 Å². The highest BCUT2D eigenvalue weighted by Gasteiger charge is 2.47. The Hall–Kier alpha value is -0.860. The Morgan fingerprint density at radius 1 is 0.950 bits per heavy atom. The van der Waals surface area contributed by atoms with Crippen molar-refractivity contribution in [2.45, 2.75) is 44.2 Å². The van der Waals surface area contributed by atoms with Gasteiger partial charge in [0.05, 0.1) is 6.10 Å². The third-order valence-corrected chi connectivity index (χ3v) is 5.96.